The molecule has 0 unspecified atom stereocenters. The third-order valence-corrected chi connectivity index (χ3v) is 5.06. The molecule has 4 rings (SSSR count). The number of fused-ring (bicyclic) bond motifs is 1. The maximum atomic E-state index is 12.8. The molecule has 2 aliphatic rings. The molecule has 2 fully saturated rings. The zero-order valence-corrected chi connectivity index (χ0v) is 12.9. The second-order valence-corrected chi connectivity index (χ2v) is 6.67. The molecule has 1 aliphatic heterocycles. The van der Waals surface area contributed by atoms with Crippen molar-refractivity contribution >= 4 is 16.9 Å². The van der Waals surface area contributed by atoms with E-state index in [9.17, 15) is 14.7 Å². The minimum atomic E-state index is -0.905. The number of benzene rings is 1. The van der Waals surface area contributed by atoms with Crippen molar-refractivity contribution in [1.29, 1.82) is 0 Å². The van der Waals surface area contributed by atoms with E-state index in [4.69, 9.17) is 0 Å². The van der Waals surface area contributed by atoms with Gasteiger partial charge in [-0.05, 0) is 54.7 Å². The van der Waals surface area contributed by atoms with Crippen molar-refractivity contribution in [2.75, 3.05) is 13.1 Å². The number of pyridine rings is 1. The van der Waals surface area contributed by atoms with Crippen molar-refractivity contribution in [2.24, 2.45) is 0 Å². The maximum absolute atomic E-state index is 12.8. The van der Waals surface area contributed by atoms with Gasteiger partial charge in [0.2, 0.25) is 0 Å². The van der Waals surface area contributed by atoms with E-state index in [-0.39, 0.29) is 11.6 Å². The quantitative estimate of drug-likeness (QED) is 0.926. The Bertz CT molecular complexity index is 823. The third kappa shape index (κ3) is 2.60. The number of aromatic nitrogens is 1. The Kier molecular flexibility index (Phi) is 3.36. The standard InChI is InChI=1S/C18H20N2O3/c21-17-16-6-5-13(12-3-4-12)10-14(16)7-9-20(17)15-2-1-8-19(11-15)18(22)23/h5-7,9-10,12,15H,1-4,8,11H2,(H,22,23)/t15-/m1/s1. The molecule has 5 nitrogen and oxygen atoms in total. The number of amides is 1. The van der Waals surface area contributed by atoms with Gasteiger partial charge in [0.15, 0.2) is 0 Å². The van der Waals surface area contributed by atoms with Gasteiger partial charge in [0, 0.05) is 24.7 Å². The van der Waals surface area contributed by atoms with Crippen molar-refractivity contribution in [3.8, 4) is 0 Å². The van der Waals surface area contributed by atoms with Gasteiger partial charge in [-0.25, -0.2) is 4.79 Å². The molecule has 23 heavy (non-hydrogen) atoms. The summed E-state index contributed by atoms with van der Waals surface area (Å²) in [5.41, 5.74) is 1.31. The Hall–Kier alpha value is -2.30. The molecule has 0 bridgehead atoms. The molecule has 1 saturated carbocycles. The van der Waals surface area contributed by atoms with Crippen LogP contribution < -0.4 is 5.56 Å². The molecular formula is C18H20N2O3. The van der Waals surface area contributed by atoms with Gasteiger partial charge in [-0.3, -0.25) is 4.79 Å². The van der Waals surface area contributed by atoms with Gasteiger partial charge in [0.1, 0.15) is 0 Å². The molecule has 0 spiro atoms. The zero-order chi connectivity index (χ0) is 16.0. The van der Waals surface area contributed by atoms with Crippen molar-refractivity contribution < 1.29 is 9.90 Å². The predicted octanol–water partition coefficient (Wildman–Crippen LogP) is 3.19. The molecule has 0 radical (unpaired) electrons. The van der Waals surface area contributed by atoms with E-state index in [1.54, 1.807) is 4.57 Å². The van der Waals surface area contributed by atoms with Crippen LogP contribution in [-0.2, 0) is 0 Å². The first-order valence-electron chi connectivity index (χ1n) is 8.26. The van der Waals surface area contributed by atoms with Crippen molar-refractivity contribution in [2.45, 2.75) is 37.6 Å². The predicted molar refractivity (Wildman–Crippen MR) is 88.1 cm³/mol. The summed E-state index contributed by atoms with van der Waals surface area (Å²) in [6.07, 6.45) is 5.05. The van der Waals surface area contributed by atoms with Crippen LogP contribution in [0.1, 0.15) is 43.2 Å². The molecule has 1 saturated heterocycles. The topological polar surface area (TPSA) is 62.5 Å². The average Bonchev–Trinajstić information content (AvgIpc) is 3.40. The third-order valence-electron chi connectivity index (χ3n) is 5.06. The van der Waals surface area contributed by atoms with E-state index in [1.807, 2.05) is 18.3 Å². The van der Waals surface area contributed by atoms with Gasteiger partial charge in [-0.1, -0.05) is 12.1 Å². The van der Waals surface area contributed by atoms with E-state index in [0.29, 0.717) is 19.0 Å². The van der Waals surface area contributed by atoms with Crippen LogP contribution in [0.5, 0.6) is 0 Å². The van der Waals surface area contributed by atoms with Gasteiger partial charge in [0.05, 0.1) is 6.04 Å². The summed E-state index contributed by atoms with van der Waals surface area (Å²) >= 11 is 0. The molecule has 1 amide bonds. The summed E-state index contributed by atoms with van der Waals surface area (Å²) in [4.78, 5) is 25.4. The largest absolute Gasteiger partial charge is 0.465 e. The Labute approximate surface area is 134 Å². The first kappa shape index (κ1) is 14.3. The Balaban J connectivity index is 1.70. The second-order valence-electron chi connectivity index (χ2n) is 6.67. The first-order valence-corrected chi connectivity index (χ1v) is 8.26. The number of carboxylic acid groups (broad SMARTS) is 1. The van der Waals surface area contributed by atoms with Crippen molar-refractivity contribution in [3.05, 3.63) is 46.4 Å². The molecule has 5 heteroatoms. The summed E-state index contributed by atoms with van der Waals surface area (Å²) in [6, 6.07) is 8.04. The number of carbonyl (C=O) groups is 1. The molecule has 120 valence electrons. The van der Waals surface area contributed by atoms with Crippen molar-refractivity contribution in [1.82, 2.24) is 9.47 Å². The molecule has 2 heterocycles. The molecule has 1 N–H and O–H groups in total. The minimum absolute atomic E-state index is 0.0120. The van der Waals surface area contributed by atoms with Crippen LogP contribution >= 0.6 is 0 Å². The summed E-state index contributed by atoms with van der Waals surface area (Å²) in [7, 11) is 0. The fourth-order valence-electron chi connectivity index (χ4n) is 3.59. The van der Waals surface area contributed by atoms with Gasteiger partial charge >= 0.3 is 6.09 Å². The van der Waals surface area contributed by atoms with Crippen LogP contribution in [-0.4, -0.2) is 33.8 Å². The highest BCUT2D eigenvalue weighted by molar-refractivity contribution is 5.82. The van der Waals surface area contributed by atoms with Gasteiger partial charge in [-0.2, -0.15) is 0 Å². The number of nitrogens with zero attached hydrogens (tertiary/aromatic N) is 2. The summed E-state index contributed by atoms with van der Waals surface area (Å²) in [6.45, 7) is 0.944. The van der Waals surface area contributed by atoms with E-state index >= 15 is 0 Å². The van der Waals surface area contributed by atoms with Crippen LogP contribution in [0.15, 0.2) is 35.3 Å². The Morgan fingerprint density at radius 3 is 2.74 bits per heavy atom. The van der Waals surface area contributed by atoms with Gasteiger partial charge in [0.25, 0.3) is 5.56 Å². The van der Waals surface area contributed by atoms with Gasteiger partial charge < -0.3 is 14.6 Å². The Morgan fingerprint density at radius 2 is 2.00 bits per heavy atom. The molecular weight excluding hydrogens is 292 g/mol. The highest BCUT2D eigenvalue weighted by Gasteiger charge is 2.26. The smallest absolute Gasteiger partial charge is 0.407 e. The lowest BCUT2D eigenvalue weighted by Crippen LogP contribution is -2.42. The number of hydrogen-bond donors (Lipinski definition) is 1. The van der Waals surface area contributed by atoms with Crippen LogP contribution in [0.3, 0.4) is 0 Å². The lowest BCUT2D eigenvalue weighted by molar-refractivity contribution is 0.121. The fraction of sp³-hybridized carbons (Fsp3) is 0.444. The zero-order valence-electron chi connectivity index (χ0n) is 12.9. The average molecular weight is 312 g/mol. The van der Waals surface area contributed by atoms with E-state index in [1.165, 1.54) is 23.3 Å². The van der Waals surface area contributed by atoms with Crippen molar-refractivity contribution in [3.63, 3.8) is 0 Å². The van der Waals surface area contributed by atoms with E-state index < -0.39 is 6.09 Å². The molecule has 2 aromatic rings. The molecule has 1 aliphatic carbocycles. The number of hydrogen-bond acceptors (Lipinski definition) is 2. The highest BCUT2D eigenvalue weighted by Crippen LogP contribution is 2.40. The van der Waals surface area contributed by atoms with Gasteiger partial charge in [-0.15, -0.1) is 0 Å². The van der Waals surface area contributed by atoms with E-state index in [0.717, 1.165) is 23.6 Å². The monoisotopic (exact) mass is 312 g/mol. The second kappa shape index (κ2) is 5.41. The minimum Gasteiger partial charge on any atom is -0.465 e. The van der Waals surface area contributed by atoms with Crippen LogP contribution in [0.25, 0.3) is 10.8 Å². The normalized spacial score (nSPS) is 21.6. The van der Waals surface area contributed by atoms with Crippen LogP contribution in [0.2, 0.25) is 0 Å². The van der Waals surface area contributed by atoms with Crippen LogP contribution in [0, 0.1) is 0 Å². The molecule has 1 aromatic heterocycles. The SMILES string of the molecule is O=C(O)N1CCC[C@@H](n2ccc3cc(C4CC4)ccc3c2=O)C1. The molecule has 1 aromatic carbocycles. The lowest BCUT2D eigenvalue weighted by Gasteiger charge is -2.31. The maximum Gasteiger partial charge on any atom is 0.407 e. The van der Waals surface area contributed by atoms with Crippen LogP contribution in [0.4, 0.5) is 4.79 Å². The number of rotatable bonds is 2. The Morgan fingerprint density at radius 1 is 1.17 bits per heavy atom. The summed E-state index contributed by atoms with van der Waals surface area (Å²) < 4.78 is 1.72. The van der Waals surface area contributed by atoms with E-state index in [2.05, 4.69) is 12.1 Å². The molecule has 1 atom stereocenters. The number of piperidine rings is 1. The summed E-state index contributed by atoms with van der Waals surface area (Å²) in [5.74, 6) is 0.671. The summed E-state index contributed by atoms with van der Waals surface area (Å²) in [5, 5.41) is 10.9. The fourth-order valence-corrected chi connectivity index (χ4v) is 3.59. The number of likely N-dealkylation sites (tertiary alicyclic amines) is 1. The first-order chi connectivity index (χ1) is 11.1. The lowest BCUT2D eigenvalue weighted by atomic mass is 10.0. The highest BCUT2D eigenvalue weighted by atomic mass is 16.4.